The van der Waals surface area contributed by atoms with Gasteiger partial charge in [-0.05, 0) is 11.6 Å². The average molecular weight is 229 g/mol. The highest BCUT2D eigenvalue weighted by Gasteiger charge is 2.16. The van der Waals surface area contributed by atoms with Crippen LogP contribution in [0.25, 0.3) is 0 Å². The zero-order valence-electron chi connectivity index (χ0n) is 5.72. The minimum Gasteiger partial charge on any atom is -0.393 e. The number of ether oxygens (including phenoxy) is 1. The van der Waals surface area contributed by atoms with Crippen molar-refractivity contribution in [3.63, 3.8) is 0 Å². The number of halogens is 4. The van der Waals surface area contributed by atoms with E-state index < -0.39 is 28.4 Å². The Morgan fingerprint density at radius 3 is 2.46 bits per heavy atom. The molecule has 13 heavy (non-hydrogen) atoms. The van der Waals surface area contributed by atoms with Gasteiger partial charge in [-0.1, -0.05) is 11.6 Å². The Morgan fingerprint density at radius 2 is 2.00 bits per heavy atom. The lowest BCUT2D eigenvalue weighted by Crippen LogP contribution is -2.03. The first-order chi connectivity index (χ1) is 6.00. The number of hydrogen-bond donors (Lipinski definition) is 0. The first-order valence-corrected chi connectivity index (χ1v) is 3.52. The van der Waals surface area contributed by atoms with Gasteiger partial charge in [0.15, 0.2) is 5.15 Å². The van der Waals surface area contributed by atoms with Crippen LogP contribution in [0.3, 0.4) is 0 Å². The van der Waals surface area contributed by atoms with Gasteiger partial charge >= 0.3 is 6.22 Å². The van der Waals surface area contributed by atoms with Crippen LogP contribution in [0.15, 0.2) is 0 Å². The van der Waals surface area contributed by atoms with Gasteiger partial charge in [-0.25, -0.2) is 9.78 Å². The van der Waals surface area contributed by atoms with Crippen molar-refractivity contribution in [3.8, 4) is 5.75 Å². The molecule has 0 radical (unpaired) electrons. The van der Waals surface area contributed by atoms with Crippen molar-refractivity contribution in [2.75, 3.05) is 0 Å². The molecule has 70 valence electrons. The van der Waals surface area contributed by atoms with Crippen molar-refractivity contribution < 1.29 is 18.3 Å². The van der Waals surface area contributed by atoms with Crippen LogP contribution < -0.4 is 4.74 Å². The van der Waals surface area contributed by atoms with E-state index in [0.29, 0.717) is 0 Å². The number of carbonyl (C=O) groups excluding carboxylic acids is 1. The topological polar surface area (TPSA) is 52.1 Å². The molecule has 0 aromatic carbocycles. The number of aromatic nitrogens is 2. The summed E-state index contributed by atoms with van der Waals surface area (Å²) in [4.78, 5) is 16.0. The molecule has 4 nitrogen and oxygen atoms in total. The van der Waals surface area contributed by atoms with E-state index in [4.69, 9.17) is 23.2 Å². The molecule has 0 aliphatic rings. The highest BCUT2D eigenvalue weighted by atomic mass is 35.5. The van der Waals surface area contributed by atoms with Crippen LogP contribution in [0.1, 0.15) is 0 Å². The Balaban J connectivity index is 3.13. The molecule has 0 fully saturated rings. The fourth-order valence-electron chi connectivity index (χ4n) is 0.538. The molecule has 0 N–H and O–H groups in total. The van der Waals surface area contributed by atoms with E-state index in [1.165, 1.54) is 0 Å². The summed E-state index contributed by atoms with van der Waals surface area (Å²) >= 11 is 10.4. The van der Waals surface area contributed by atoms with Crippen molar-refractivity contribution in [1.29, 1.82) is 0 Å². The van der Waals surface area contributed by atoms with E-state index in [9.17, 15) is 13.6 Å². The molecular weight excluding hydrogens is 229 g/mol. The summed E-state index contributed by atoms with van der Waals surface area (Å²) < 4.78 is 28.1. The first-order valence-electron chi connectivity index (χ1n) is 2.76. The van der Waals surface area contributed by atoms with Gasteiger partial charge in [0.25, 0.3) is 5.95 Å². The van der Waals surface area contributed by atoms with Crippen LogP contribution >= 0.6 is 23.2 Å². The molecule has 1 heterocycles. The predicted octanol–water partition coefficient (Wildman–Crippen LogP) is 2.39. The van der Waals surface area contributed by atoms with Gasteiger partial charge in [0.1, 0.15) is 0 Å². The predicted molar refractivity (Wildman–Crippen MR) is 39.1 cm³/mol. The molecule has 0 amide bonds. The summed E-state index contributed by atoms with van der Waals surface area (Å²) in [6, 6.07) is 0. The van der Waals surface area contributed by atoms with Gasteiger partial charge in [-0.15, -0.1) is 4.39 Å². The molecule has 0 atom stereocenters. The van der Waals surface area contributed by atoms with Crippen LogP contribution in [-0.2, 0) is 0 Å². The quantitative estimate of drug-likeness (QED) is 0.421. The van der Waals surface area contributed by atoms with Crippen molar-refractivity contribution in [3.05, 3.63) is 16.4 Å². The molecule has 1 aromatic rings. The average Bonchev–Trinajstić information content (AvgIpc) is 1.96. The van der Waals surface area contributed by atoms with E-state index >= 15 is 0 Å². The van der Waals surface area contributed by atoms with Gasteiger partial charge in [0, 0.05) is 0 Å². The summed E-state index contributed by atoms with van der Waals surface area (Å²) in [6.07, 6.45) is -2.22. The summed E-state index contributed by atoms with van der Waals surface area (Å²) in [5.74, 6) is -2.20. The molecule has 0 unspecified atom stereocenters. The second-order valence-corrected chi connectivity index (χ2v) is 2.44. The van der Waals surface area contributed by atoms with Gasteiger partial charge in [-0.3, -0.25) is 0 Å². The minimum absolute atomic E-state index is 0.471. The van der Waals surface area contributed by atoms with Crippen LogP contribution in [0.5, 0.6) is 5.75 Å². The Morgan fingerprint density at radius 1 is 1.38 bits per heavy atom. The maximum Gasteiger partial charge on any atom is 0.501 e. The Hall–Kier alpha value is -1.01. The highest BCUT2D eigenvalue weighted by molar-refractivity contribution is 6.32. The van der Waals surface area contributed by atoms with Gasteiger partial charge in [-0.2, -0.15) is 9.37 Å². The lowest BCUT2D eigenvalue weighted by molar-refractivity contribution is 0.173. The smallest absolute Gasteiger partial charge is 0.393 e. The number of carbonyl (C=O) groups is 1. The van der Waals surface area contributed by atoms with E-state index in [2.05, 4.69) is 14.7 Å². The summed E-state index contributed by atoms with van der Waals surface area (Å²) in [5, 5.41) is -1.05. The Labute approximate surface area is 80.4 Å². The fourth-order valence-corrected chi connectivity index (χ4v) is 0.937. The summed E-state index contributed by atoms with van der Waals surface area (Å²) in [6.45, 7) is 0. The number of nitrogens with zero attached hydrogens (tertiary/aromatic N) is 2. The third-order valence-electron chi connectivity index (χ3n) is 0.938. The van der Waals surface area contributed by atoms with E-state index in [1.807, 2.05) is 0 Å². The van der Waals surface area contributed by atoms with Crippen molar-refractivity contribution in [2.45, 2.75) is 0 Å². The zero-order chi connectivity index (χ0) is 10.0. The van der Waals surface area contributed by atoms with Crippen LogP contribution in [-0.4, -0.2) is 16.2 Å². The molecule has 1 rings (SSSR count). The van der Waals surface area contributed by atoms with Crippen molar-refractivity contribution in [2.24, 2.45) is 0 Å². The summed E-state index contributed by atoms with van der Waals surface area (Å²) in [5.41, 5.74) is 0. The van der Waals surface area contributed by atoms with Crippen LogP contribution in [0.2, 0.25) is 10.4 Å². The molecule has 0 spiro atoms. The maximum atomic E-state index is 12.7. The molecule has 1 aromatic heterocycles. The standard InChI is InChI=1S/C5Cl2F2N2O2/c6-2-1(13-5(9)12)3(8)11-4(7)10-2. The van der Waals surface area contributed by atoms with Crippen molar-refractivity contribution in [1.82, 2.24) is 9.97 Å². The Bertz CT molecular complexity index is 337. The lowest BCUT2D eigenvalue weighted by atomic mass is 10.6. The van der Waals surface area contributed by atoms with Crippen LogP contribution in [0.4, 0.5) is 13.6 Å². The molecule has 0 bridgehead atoms. The molecule has 8 heteroatoms. The largest absolute Gasteiger partial charge is 0.501 e. The molecule has 0 aliphatic heterocycles. The second-order valence-electron chi connectivity index (χ2n) is 1.74. The number of hydrogen-bond acceptors (Lipinski definition) is 4. The first kappa shape index (κ1) is 10.1. The summed E-state index contributed by atoms with van der Waals surface area (Å²) in [7, 11) is 0. The number of rotatable bonds is 1. The Kier molecular flexibility index (Phi) is 2.94. The van der Waals surface area contributed by atoms with E-state index in [1.54, 1.807) is 0 Å². The third kappa shape index (κ3) is 2.46. The van der Waals surface area contributed by atoms with Crippen LogP contribution in [0, 0.1) is 5.95 Å². The second kappa shape index (κ2) is 3.80. The monoisotopic (exact) mass is 228 g/mol. The van der Waals surface area contributed by atoms with Gasteiger partial charge < -0.3 is 4.74 Å². The zero-order valence-corrected chi connectivity index (χ0v) is 7.23. The van der Waals surface area contributed by atoms with Gasteiger partial charge in [0.2, 0.25) is 11.0 Å². The molecule has 0 saturated carbocycles. The highest BCUT2D eigenvalue weighted by Crippen LogP contribution is 2.25. The minimum atomic E-state index is -2.22. The van der Waals surface area contributed by atoms with Crippen molar-refractivity contribution >= 4 is 29.4 Å². The maximum absolute atomic E-state index is 12.7. The molecule has 0 saturated heterocycles. The SMILES string of the molecule is O=C(F)Oc1c(F)nc(Cl)nc1Cl. The van der Waals surface area contributed by atoms with E-state index in [0.717, 1.165) is 0 Å². The third-order valence-corrected chi connectivity index (χ3v) is 1.36. The van der Waals surface area contributed by atoms with E-state index in [-0.39, 0.29) is 0 Å². The molecule has 0 aliphatic carbocycles. The van der Waals surface area contributed by atoms with Gasteiger partial charge in [0.05, 0.1) is 0 Å². The lowest BCUT2D eigenvalue weighted by Gasteiger charge is -2.01. The normalized spacial score (nSPS) is 9.85. The molecular formula is C5Cl2F2N2O2. The fraction of sp³-hybridized carbons (Fsp3) is 0.